The first-order chi connectivity index (χ1) is 12.0. The lowest BCUT2D eigenvalue weighted by Gasteiger charge is -2.39. The Bertz CT molecular complexity index is 816. The fourth-order valence-corrected chi connectivity index (χ4v) is 3.74. The molecule has 7 nitrogen and oxygen atoms in total. The number of amides is 1. The summed E-state index contributed by atoms with van der Waals surface area (Å²) in [6.45, 7) is 2.71. The van der Waals surface area contributed by atoms with Crippen LogP contribution in [-0.4, -0.2) is 46.8 Å². The van der Waals surface area contributed by atoms with Crippen molar-refractivity contribution in [2.24, 2.45) is 12.8 Å². The Hall–Kier alpha value is -2.19. The van der Waals surface area contributed by atoms with Crippen LogP contribution in [0.25, 0.3) is 0 Å². The van der Waals surface area contributed by atoms with Crippen LogP contribution in [0.5, 0.6) is 0 Å². The fraction of sp³-hybridized carbons (Fsp3) is 0.353. The van der Waals surface area contributed by atoms with Gasteiger partial charge in [0.15, 0.2) is 0 Å². The van der Waals surface area contributed by atoms with Gasteiger partial charge in [0.05, 0.1) is 11.9 Å². The average Bonchev–Trinajstić information content (AvgIpc) is 2.61. The molecule has 1 saturated heterocycles. The van der Waals surface area contributed by atoms with E-state index in [0.717, 1.165) is 11.3 Å². The Labute approximate surface area is 154 Å². The Morgan fingerprint density at radius 3 is 2.44 bits per heavy atom. The van der Waals surface area contributed by atoms with Crippen LogP contribution in [0.1, 0.15) is 11.6 Å². The monoisotopic (exact) mass is 405 g/mol. The summed E-state index contributed by atoms with van der Waals surface area (Å²) in [7, 11) is 1.62. The number of anilines is 1. The summed E-state index contributed by atoms with van der Waals surface area (Å²) in [5.74, 6) is -0.351. The molecule has 1 aromatic heterocycles. The first kappa shape index (κ1) is 17.6. The number of hydrogen-bond acceptors (Lipinski definition) is 5. The predicted molar refractivity (Wildman–Crippen MR) is 99.3 cm³/mol. The molecule has 0 saturated carbocycles. The molecule has 2 N–H and O–H groups in total. The van der Waals surface area contributed by atoms with Crippen molar-refractivity contribution in [2.75, 3.05) is 31.1 Å². The molecule has 1 atom stereocenters. The number of hydrogen-bond donors (Lipinski definition) is 1. The highest BCUT2D eigenvalue weighted by Crippen LogP contribution is 2.26. The van der Waals surface area contributed by atoms with Crippen LogP contribution >= 0.6 is 15.9 Å². The molecule has 1 aliphatic heterocycles. The summed E-state index contributed by atoms with van der Waals surface area (Å²) in [4.78, 5) is 28.2. The maximum Gasteiger partial charge on any atom is 0.282 e. The van der Waals surface area contributed by atoms with Gasteiger partial charge in [-0.05, 0) is 21.5 Å². The van der Waals surface area contributed by atoms with Gasteiger partial charge in [-0.2, -0.15) is 5.10 Å². The Morgan fingerprint density at radius 2 is 1.84 bits per heavy atom. The Balaban J connectivity index is 1.76. The number of primary amides is 1. The van der Waals surface area contributed by atoms with Gasteiger partial charge < -0.3 is 10.6 Å². The SMILES string of the molecule is Cn1ncc(N2CCN(C(C(N)=O)c3ccccc3)CC2)c(Br)c1=O. The van der Waals surface area contributed by atoms with Crippen molar-refractivity contribution < 1.29 is 4.79 Å². The smallest absolute Gasteiger partial charge is 0.282 e. The molecule has 1 unspecified atom stereocenters. The van der Waals surface area contributed by atoms with E-state index in [0.29, 0.717) is 30.7 Å². The molecule has 2 aromatic rings. The second-order valence-corrected chi connectivity index (χ2v) is 6.80. The Kier molecular flexibility index (Phi) is 5.19. The zero-order valence-electron chi connectivity index (χ0n) is 13.9. The highest BCUT2D eigenvalue weighted by atomic mass is 79.9. The molecule has 0 aliphatic carbocycles. The molecule has 0 bridgehead atoms. The molecular weight excluding hydrogens is 386 g/mol. The highest BCUT2D eigenvalue weighted by Gasteiger charge is 2.29. The van der Waals surface area contributed by atoms with E-state index < -0.39 is 6.04 Å². The van der Waals surface area contributed by atoms with Crippen molar-refractivity contribution in [3.63, 3.8) is 0 Å². The molecule has 2 heterocycles. The molecule has 0 spiro atoms. The normalized spacial score (nSPS) is 16.6. The van der Waals surface area contributed by atoms with E-state index in [9.17, 15) is 9.59 Å². The maximum absolute atomic E-state index is 12.0. The first-order valence-corrected chi connectivity index (χ1v) is 8.83. The average molecular weight is 406 g/mol. The maximum atomic E-state index is 12.0. The van der Waals surface area contributed by atoms with Gasteiger partial charge >= 0.3 is 0 Å². The minimum atomic E-state index is -0.437. The van der Waals surface area contributed by atoms with Gasteiger partial charge in [-0.1, -0.05) is 30.3 Å². The van der Waals surface area contributed by atoms with E-state index in [2.05, 4.69) is 30.8 Å². The molecule has 3 rings (SSSR count). The highest BCUT2D eigenvalue weighted by molar-refractivity contribution is 9.10. The van der Waals surface area contributed by atoms with Crippen LogP contribution < -0.4 is 16.2 Å². The largest absolute Gasteiger partial charge is 0.368 e. The third kappa shape index (κ3) is 3.59. The molecule has 1 amide bonds. The second-order valence-electron chi connectivity index (χ2n) is 6.01. The van der Waals surface area contributed by atoms with Crippen molar-refractivity contribution in [1.29, 1.82) is 0 Å². The number of nitrogens with two attached hydrogens (primary N) is 1. The standard InChI is InChI=1S/C17H20BrN5O2/c1-21-17(25)14(18)13(11-20-21)22-7-9-23(10-8-22)15(16(19)24)12-5-3-2-4-6-12/h2-6,11,15H,7-10H2,1H3,(H2,19,24). The summed E-state index contributed by atoms with van der Waals surface area (Å²) in [5.41, 5.74) is 7.16. The zero-order chi connectivity index (χ0) is 18.0. The van der Waals surface area contributed by atoms with E-state index in [1.807, 2.05) is 30.3 Å². The lowest BCUT2D eigenvalue weighted by atomic mass is 10.0. The van der Waals surface area contributed by atoms with Gasteiger partial charge in [0.1, 0.15) is 10.5 Å². The number of nitrogens with zero attached hydrogens (tertiary/aromatic N) is 4. The number of aromatic nitrogens is 2. The quantitative estimate of drug-likeness (QED) is 0.816. The minimum Gasteiger partial charge on any atom is -0.368 e. The first-order valence-electron chi connectivity index (χ1n) is 8.04. The summed E-state index contributed by atoms with van der Waals surface area (Å²) >= 11 is 3.37. The van der Waals surface area contributed by atoms with Gasteiger partial charge in [0.2, 0.25) is 5.91 Å². The summed E-state index contributed by atoms with van der Waals surface area (Å²) in [5, 5.41) is 4.09. The number of rotatable bonds is 4. The Morgan fingerprint density at radius 1 is 1.20 bits per heavy atom. The predicted octanol–water partition coefficient (Wildman–Crippen LogP) is 0.891. The van der Waals surface area contributed by atoms with Crippen molar-refractivity contribution in [3.05, 3.63) is 56.9 Å². The van der Waals surface area contributed by atoms with Gasteiger partial charge in [0.25, 0.3) is 5.56 Å². The lowest BCUT2D eigenvalue weighted by Crippen LogP contribution is -2.50. The van der Waals surface area contributed by atoms with E-state index in [1.165, 1.54) is 4.68 Å². The number of carbonyl (C=O) groups is 1. The van der Waals surface area contributed by atoms with E-state index in [1.54, 1.807) is 13.2 Å². The van der Waals surface area contributed by atoms with Gasteiger partial charge in [-0.25, -0.2) is 4.68 Å². The third-order valence-electron chi connectivity index (χ3n) is 4.46. The summed E-state index contributed by atoms with van der Waals surface area (Å²) in [6.07, 6.45) is 1.68. The van der Waals surface area contributed by atoms with Gasteiger partial charge in [-0.15, -0.1) is 0 Å². The van der Waals surface area contributed by atoms with Crippen LogP contribution in [0.4, 0.5) is 5.69 Å². The molecule has 25 heavy (non-hydrogen) atoms. The number of aryl methyl sites for hydroxylation is 1. The van der Waals surface area contributed by atoms with E-state index >= 15 is 0 Å². The van der Waals surface area contributed by atoms with Crippen LogP contribution in [0, 0.1) is 0 Å². The molecular formula is C17H20BrN5O2. The molecule has 0 radical (unpaired) electrons. The summed E-state index contributed by atoms with van der Waals surface area (Å²) in [6, 6.07) is 9.13. The fourth-order valence-electron chi connectivity index (χ4n) is 3.13. The van der Waals surface area contributed by atoms with E-state index in [-0.39, 0.29) is 11.5 Å². The topological polar surface area (TPSA) is 84.5 Å². The van der Waals surface area contributed by atoms with Crippen LogP contribution in [-0.2, 0) is 11.8 Å². The number of benzene rings is 1. The van der Waals surface area contributed by atoms with Gasteiger partial charge in [-0.3, -0.25) is 14.5 Å². The molecule has 1 fully saturated rings. The van der Waals surface area contributed by atoms with Crippen LogP contribution in [0.2, 0.25) is 0 Å². The minimum absolute atomic E-state index is 0.167. The molecule has 1 aliphatic rings. The second kappa shape index (κ2) is 7.37. The summed E-state index contributed by atoms with van der Waals surface area (Å²) < 4.78 is 1.80. The van der Waals surface area contributed by atoms with Crippen LogP contribution in [0.15, 0.2) is 45.8 Å². The van der Waals surface area contributed by atoms with Crippen molar-refractivity contribution in [2.45, 2.75) is 6.04 Å². The van der Waals surface area contributed by atoms with E-state index in [4.69, 9.17) is 5.73 Å². The third-order valence-corrected chi connectivity index (χ3v) is 5.21. The molecule has 8 heteroatoms. The van der Waals surface area contributed by atoms with Gasteiger partial charge in [0, 0.05) is 33.2 Å². The molecule has 132 valence electrons. The van der Waals surface area contributed by atoms with Crippen LogP contribution in [0.3, 0.4) is 0 Å². The number of carbonyl (C=O) groups excluding carboxylic acids is 1. The number of piperazine rings is 1. The zero-order valence-corrected chi connectivity index (χ0v) is 15.5. The lowest BCUT2D eigenvalue weighted by molar-refractivity contribution is -0.123. The van der Waals surface area contributed by atoms with Crippen molar-refractivity contribution in [3.8, 4) is 0 Å². The van der Waals surface area contributed by atoms with Crippen molar-refractivity contribution in [1.82, 2.24) is 14.7 Å². The number of halogens is 1. The molecule has 1 aromatic carbocycles. The van der Waals surface area contributed by atoms with Crippen molar-refractivity contribution >= 4 is 27.5 Å².